The van der Waals surface area contributed by atoms with Crippen molar-refractivity contribution in [1.29, 1.82) is 0 Å². The summed E-state index contributed by atoms with van der Waals surface area (Å²) in [4.78, 5) is 13.0. The molecule has 1 aliphatic heterocycles. The van der Waals surface area contributed by atoms with Crippen molar-refractivity contribution in [3.63, 3.8) is 0 Å². The topological polar surface area (TPSA) is 84.4 Å². The van der Waals surface area contributed by atoms with E-state index in [1.54, 1.807) is 12.1 Å². The Bertz CT molecular complexity index is 456. The van der Waals surface area contributed by atoms with Gasteiger partial charge in [-0.2, -0.15) is 0 Å². The first-order chi connectivity index (χ1) is 9.70. The highest BCUT2D eigenvalue weighted by Crippen LogP contribution is 2.25. The molecule has 1 aliphatic rings. The lowest BCUT2D eigenvalue weighted by Crippen LogP contribution is -2.26. The minimum atomic E-state index is -0.397. The fourth-order valence-electron chi connectivity index (χ4n) is 2.68. The maximum atomic E-state index is 11.0. The zero-order valence-corrected chi connectivity index (χ0v) is 11.7. The lowest BCUT2D eigenvalue weighted by molar-refractivity contribution is -0.384. The monoisotopic (exact) mass is 278 g/mol. The van der Waals surface area contributed by atoms with E-state index in [0.717, 1.165) is 25.2 Å². The van der Waals surface area contributed by atoms with Crippen molar-refractivity contribution < 1.29 is 4.92 Å². The Morgan fingerprint density at radius 2 is 1.85 bits per heavy atom. The van der Waals surface area contributed by atoms with Crippen LogP contribution in [0.4, 0.5) is 11.4 Å². The van der Waals surface area contributed by atoms with Gasteiger partial charge in [-0.3, -0.25) is 20.9 Å². The number of nitrogens with zero attached hydrogens (tertiary/aromatic N) is 2. The van der Waals surface area contributed by atoms with Crippen LogP contribution < -0.4 is 11.3 Å². The number of nitrogens with two attached hydrogens (primary N) is 1. The first-order valence-corrected chi connectivity index (χ1v) is 7.17. The van der Waals surface area contributed by atoms with Gasteiger partial charge in [-0.15, -0.1) is 0 Å². The zero-order valence-electron chi connectivity index (χ0n) is 11.7. The summed E-state index contributed by atoms with van der Waals surface area (Å²) >= 11 is 0. The molecule has 1 aromatic rings. The maximum Gasteiger partial charge on any atom is 0.293 e. The van der Waals surface area contributed by atoms with Crippen LogP contribution in [0.5, 0.6) is 0 Å². The Balaban J connectivity index is 2.08. The van der Waals surface area contributed by atoms with Gasteiger partial charge in [0.05, 0.1) is 4.92 Å². The van der Waals surface area contributed by atoms with Crippen molar-refractivity contribution in [1.82, 2.24) is 4.90 Å². The summed E-state index contributed by atoms with van der Waals surface area (Å²) in [5.41, 5.74) is 3.73. The van der Waals surface area contributed by atoms with E-state index in [9.17, 15) is 10.1 Å². The Hall–Kier alpha value is -1.66. The normalized spacial score (nSPS) is 17.2. The molecule has 1 heterocycles. The summed E-state index contributed by atoms with van der Waals surface area (Å²) in [7, 11) is 0. The molecule has 0 radical (unpaired) electrons. The summed E-state index contributed by atoms with van der Waals surface area (Å²) in [6.07, 6.45) is 6.32. The predicted molar refractivity (Wildman–Crippen MR) is 79.3 cm³/mol. The van der Waals surface area contributed by atoms with E-state index in [1.165, 1.54) is 32.1 Å². The molecule has 3 N–H and O–H groups in total. The largest absolute Gasteiger partial charge is 0.318 e. The predicted octanol–water partition coefficient (Wildman–Crippen LogP) is 2.65. The first-order valence-electron chi connectivity index (χ1n) is 7.17. The Morgan fingerprint density at radius 3 is 2.45 bits per heavy atom. The molecular formula is C14H22N4O2. The van der Waals surface area contributed by atoms with Gasteiger partial charge < -0.3 is 5.43 Å². The van der Waals surface area contributed by atoms with Crippen LogP contribution >= 0.6 is 0 Å². The highest BCUT2D eigenvalue weighted by atomic mass is 16.6. The maximum absolute atomic E-state index is 11.0. The molecule has 20 heavy (non-hydrogen) atoms. The molecule has 1 saturated heterocycles. The average molecular weight is 278 g/mol. The summed E-state index contributed by atoms with van der Waals surface area (Å²) in [6.45, 7) is 2.92. The van der Waals surface area contributed by atoms with Crippen LogP contribution in [-0.2, 0) is 6.54 Å². The number of nitrogens with one attached hydrogen (secondary N) is 1. The number of anilines is 1. The fraction of sp³-hybridized carbons (Fsp3) is 0.571. The highest BCUT2D eigenvalue weighted by Gasteiger charge is 2.15. The average Bonchev–Trinajstić information content (AvgIpc) is 2.41. The molecule has 0 amide bonds. The number of benzene rings is 1. The minimum absolute atomic E-state index is 0.0389. The van der Waals surface area contributed by atoms with Gasteiger partial charge in [-0.25, -0.2) is 0 Å². The van der Waals surface area contributed by atoms with E-state index in [0.29, 0.717) is 5.69 Å². The molecule has 1 aromatic carbocycles. The molecule has 0 bridgehead atoms. The minimum Gasteiger partial charge on any atom is -0.318 e. The van der Waals surface area contributed by atoms with Crippen LogP contribution in [0.25, 0.3) is 0 Å². The molecule has 2 rings (SSSR count). The quantitative estimate of drug-likeness (QED) is 0.502. The van der Waals surface area contributed by atoms with Crippen molar-refractivity contribution in [2.45, 2.75) is 38.6 Å². The van der Waals surface area contributed by atoms with Gasteiger partial charge in [0.1, 0.15) is 5.69 Å². The van der Waals surface area contributed by atoms with Gasteiger partial charge in [-0.1, -0.05) is 25.3 Å². The van der Waals surface area contributed by atoms with Crippen molar-refractivity contribution in [3.8, 4) is 0 Å². The van der Waals surface area contributed by atoms with Crippen LogP contribution in [0.1, 0.15) is 37.7 Å². The molecule has 0 aliphatic carbocycles. The van der Waals surface area contributed by atoms with Crippen LogP contribution in [0.15, 0.2) is 18.2 Å². The number of hydrazine groups is 1. The van der Waals surface area contributed by atoms with Gasteiger partial charge >= 0.3 is 0 Å². The number of rotatable bonds is 4. The van der Waals surface area contributed by atoms with Crippen LogP contribution in [0.3, 0.4) is 0 Å². The Morgan fingerprint density at radius 1 is 1.20 bits per heavy atom. The van der Waals surface area contributed by atoms with Crippen LogP contribution in [-0.4, -0.2) is 22.9 Å². The Labute approximate surface area is 119 Å². The third kappa shape index (κ3) is 3.91. The molecule has 1 fully saturated rings. The molecule has 0 aromatic heterocycles. The second-order valence-electron chi connectivity index (χ2n) is 5.30. The van der Waals surface area contributed by atoms with E-state index >= 15 is 0 Å². The molecule has 0 atom stereocenters. The SMILES string of the molecule is NNc1ccc(CN2CCCCCCC2)cc1[N+](=O)[O-]. The summed E-state index contributed by atoms with van der Waals surface area (Å²) in [5.74, 6) is 5.30. The molecule has 0 unspecified atom stereocenters. The highest BCUT2D eigenvalue weighted by molar-refractivity contribution is 5.61. The first kappa shape index (κ1) is 14.7. The third-order valence-corrected chi connectivity index (χ3v) is 3.77. The fourth-order valence-corrected chi connectivity index (χ4v) is 2.68. The van der Waals surface area contributed by atoms with Crippen molar-refractivity contribution in [3.05, 3.63) is 33.9 Å². The van der Waals surface area contributed by atoms with Gasteiger partial charge in [0.15, 0.2) is 0 Å². The Kier molecular flexibility index (Phi) is 5.31. The number of hydrogen-bond donors (Lipinski definition) is 2. The van der Waals surface area contributed by atoms with E-state index in [2.05, 4.69) is 10.3 Å². The van der Waals surface area contributed by atoms with E-state index in [4.69, 9.17) is 5.84 Å². The molecule has 0 saturated carbocycles. The third-order valence-electron chi connectivity index (χ3n) is 3.77. The van der Waals surface area contributed by atoms with Gasteiger partial charge in [0.25, 0.3) is 5.69 Å². The van der Waals surface area contributed by atoms with E-state index in [-0.39, 0.29) is 5.69 Å². The number of nitro benzene ring substituents is 1. The second kappa shape index (κ2) is 7.21. The lowest BCUT2D eigenvalue weighted by Gasteiger charge is -2.24. The number of hydrogen-bond acceptors (Lipinski definition) is 5. The van der Waals surface area contributed by atoms with E-state index in [1.807, 2.05) is 6.07 Å². The van der Waals surface area contributed by atoms with E-state index < -0.39 is 4.92 Å². The molecule has 110 valence electrons. The number of likely N-dealkylation sites (tertiary alicyclic amines) is 1. The molecule has 0 spiro atoms. The van der Waals surface area contributed by atoms with Crippen LogP contribution in [0.2, 0.25) is 0 Å². The molecular weight excluding hydrogens is 256 g/mol. The summed E-state index contributed by atoms with van der Waals surface area (Å²) in [5, 5.41) is 11.0. The van der Waals surface area contributed by atoms with Crippen LogP contribution in [0, 0.1) is 10.1 Å². The van der Waals surface area contributed by atoms with Crippen molar-refractivity contribution in [2.24, 2.45) is 5.84 Å². The standard InChI is InChI=1S/C14H22N4O2/c15-16-13-7-6-12(10-14(13)18(19)20)11-17-8-4-2-1-3-5-9-17/h6-7,10,16H,1-5,8-9,11,15H2. The zero-order chi connectivity index (χ0) is 14.4. The summed E-state index contributed by atoms with van der Waals surface area (Å²) < 4.78 is 0. The van der Waals surface area contributed by atoms with Gasteiger partial charge in [-0.05, 0) is 37.6 Å². The van der Waals surface area contributed by atoms with Gasteiger partial charge in [0.2, 0.25) is 0 Å². The van der Waals surface area contributed by atoms with Gasteiger partial charge in [0, 0.05) is 12.6 Å². The number of nitrogen functional groups attached to an aromatic ring is 1. The number of nitro groups is 1. The van der Waals surface area contributed by atoms with Crippen molar-refractivity contribution >= 4 is 11.4 Å². The lowest BCUT2D eigenvalue weighted by atomic mass is 10.1. The molecule has 6 nitrogen and oxygen atoms in total. The summed E-state index contributed by atoms with van der Waals surface area (Å²) in [6, 6.07) is 5.20. The smallest absolute Gasteiger partial charge is 0.293 e. The molecule has 6 heteroatoms. The second-order valence-corrected chi connectivity index (χ2v) is 5.30. The van der Waals surface area contributed by atoms with Crippen molar-refractivity contribution in [2.75, 3.05) is 18.5 Å².